The van der Waals surface area contributed by atoms with Gasteiger partial charge in [-0.1, -0.05) is 44.5 Å². The van der Waals surface area contributed by atoms with E-state index in [-0.39, 0.29) is 0 Å². The maximum absolute atomic E-state index is 6.41. The number of hydrogen-bond donors (Lipinski definition) is 1. The van der Waals surface area contributed by atoms with Gasteiger partial charge in [-0.3, -0.25) is 0 Å². The summed E-state index contributed by atoms with van der Waals surface area (Å²) >= 11 is 6.41. The molecule has 18 heavy (non-hydrogen) atoms. The zero-order valence-corrected chi connectivity index (χ0v) is 12.3. The molecule has 2 unspecified atom stereocenters. The van der Waals surface area contributed by atoms with Crippen LogP contribution in [0.4, 0.5) is 5.69 Å². The van der Waals surface area contributed by atoms with Gasteiger partial charge in [0.2, 0.25) is 0 Å². The molecule has 1 N–H and O–H groups in total. The van der Waals surface area contributed by atoms with Gasteiger partial charge in [0.15, 0.2) is 0 Å². The van der Waals surface area contributed by atoms with E-state index in [9.17, 15) is 0 Å². The van der Waals surface area contributed by atoms with Gasteiger partial charge in [0.25, 0.3) is 0 Å². The third-order valence-corrected chi connectivity index (χ3v) is 4.25. The Hall–Kier alpha value is -0.730. The molecular formula is C15H23ClN2. The van der Waals surface area contributed by atoms with Gasteiger partial charge in [0, 0.05) is 19.6 Å². The number of nitrogens with zero attached hydrogens (tertiary/aromatic N) is 1. The first-order valence-corrected chi connectivity index (χ1v) is 7.24. The van der Waals surface area contributed by atoms with E-state index >= 15 is 0 Å². The van der Waals surface area contributed by atoms with Gasteiger partial charge >= 0.3 is 0 Å². The quantitative estimate of drug-likeness (QED) is 0.897. The van der Waals surface area contributed by atoms with Crippen LogP contribution >= 0.6 is 11.6 Å². The fourth-order valence-corrected chi connectivity index (χ4v) is 2.94. The van der Waals surface area contributed by atoms with Crippen LogP contribution in [0.15, 0.2) is 18.2 Å². The molecule has 1 aromatic rings. The topological polar surface area (TPSA) is 15.3 Å². The fraction of sp³-hybridized carbons (Fsp3) is 0.600. The third-order valence-electron chi connectivity index (χ3n) is 3.94. The smallest absolute Gasteiger partial charge is 0.0642 e. The van der Waals surface area contributed by atoms with Crippen molar-refractivity contribution in [3.63, 3.8) is 0 Å². The monoisotopic (exact) mass is 266 g/mol. The largest absolute Gasteiger partial charge is 0.370 e. The standard InChI is InChI=1S/C15H23ClN2/c1-4-17-8-13-6-5-7-14(16)15(13)18-9-11(2)12(3)10-18/h5-7,11-12,17H,4,8-10H2,1-3H3. The molecule has 1 fully saturated rings. The number of anilines is 1. The van der Waals surface area contributed by atoms with Gasteiger partial charge in [-0.15, -0.1) is 0 Å². The van der Waals surface area contributed by atoms with Crippen LogP contribution in [0, 0.1) is 11.8 Å². The molecule has 0 bridgehead atoms. The van der Waals surface area contributed by atoms with E-state index in [1.165, 1.54) is 11.3 Å². The van der Waals surface area contributed by atoms with Gasteiger partial charge in [-0.05, 0) is 30.0 Å². The van der Waals surface area contributed by atoms with E-state index in [4.69, 9.17) is 11.6 Å². The van der Waals surface area contributed by atoms with Gasteiger partial charge in [-0.2, -0.15) is 0 Å². The Labute approximate surface area is 115 Å². The van der Waals surface area contributed by atoms with Crippen molar-refractivity contribution in [2.45, 2.75) is 27.3 Å². The summed E-state index contributed by atoms with van der Waals surface area (Å²) in [4.78, 5) is 2.45. The van der Waals surface area contributed by atoms with Crippen LogP contribution in [0.25, 0.3) is 0 Å². The van der Waals surface area contributed by atoms with Crippen LogP contribution < -0.4 is 10.2 Å². The van der Waals surface area contributed by atoms with E-state index in [0.29, 0.717) is 0 Å². The fourth-order valence-electron chi connectivity index (χ4n) is 2.63. The second-order valence-corrected chi connectivity index (χ2v) is 5.79. The molecule has 2 rings (SSSR count). The predicted octanol–water partition coefficient (Wildman–Crippen LogP) is 3.54. The van der Waals surface area contributed by atoms with E-state index in [1.807, 2.05) is 12.1 Å². The van der Waals surface area contributed by atoms with Crippen molar-refractivity contribution in [3.05, 3.63) is 28.8 Å². The van der Waals surface area contributed by atoms with Crippen LogP contribution in [0.5, 0.6) is 0 Å². The Balaban J connectivity index is 2.25. The van der Waals surface area contributed by atoms with Crippen molar-refractivity contribution in [1.82, 2.24) is 5.32 Å². The second kappa shape index (κ2) is 5.94. The van der Waals surface area contributed by atoms with Gasteiger partial charge in [0.1, 0.15) is 0 Å². The highest BCUT2D eigenvalue weighted by atomic mass is 35.5. The van der Waals surface area contributed by atoms with Crippen molar-refractivity contribution in [2.75, 3.05) is 24.5 Å². The van der Waals surface area contributed by atoms with Crippen LogP contribution in [0.1, 0.15) is 26.3 Å². The van der Waals surface area contributed by atoms with Crippen LogP contribution in [0.2, 0.25) is 5.02 Å². The van der Waals surface area contributed by atoms with Crippen LogP contribution in [0.3, 0.4) is 0 Å². The average Bonchev–Trinajstić information content (AvgIpc) is 2.66. The maximum atomic E-state index is 6.41. The summed E-state index contributed by atoms with van der Waals surface area (Å²) in [5.41, 5.74) is 2.54. The molecule has 3 heteroatoms. The lowest BCUT2D eigenvalue weighted by Gasteiger charge is -2.23. The molecular weight excluding hydrogens is 244 g/mol. The molecule has 1 aliphatic heterocycles. The minimum absolute atomic E-state index is 0.744. The summed E-state index contributed by atoms with van der Waals surface area (Å²) in [5, 5.41) is 4.27. The first-order chi connectivity index (χ1) is 8.63. The molecule has 0 amide bonds. The molecule has 1 aliphatic rings. The Kier molecular flexibility index (Phi) is 4.52. The Bertz CT molecular complexity index is 395. The molecule has 0 saturated carbocycles. The lowest BCUT2D eigenvalue weighted by Crippen LogP contribution is -2.23. The summed E-state index contributed by atoms with van der Waals surface area (Å²) in [6.07, 6.45) is 0. The van der Waals surface area contributed by atoms with Gasteiger partial charge < -0.3 is 10.2 Å². The SMILES string of the molecule is CCNCc1cccc(Cl)c1N1CC(C)C(C)C1. The van der Waals surface area contributed by atoms with E-state index in [1.54, 1.807) is 0 Å². The number of nitrogens with one attached hydrogen (secondary N) is 1. The van der Waals surface area contributed by atoms with Crippen molar-refractivity contribution >= 4 is 17.3 Å². The average molecular weight is 267 g/mol. The van der Waals surface area contributed by atoms with E-state index in [2.05, 4.69) is 37.1 Å². The van der Waals surface area contributed by atoms with Crippen molar-refractivity contribution in [2.24, 2.45) is 11.8 Å². The highest BCUT2D eigenvalue weighted by molar-refractivity contribution is 6.33. The summed E-state index contributed by atoms with van der Waals surface area (Å²) in [5.74, 6) is 1.49. The van der Waals surface area contributed by atoms with E-state index in [0.717, 1.165) is 43.0 Å². The number of benzene rings is 1. The molecule has 0 spiro atoms. The molecule has 0 aromatic heterocycles. The summed E-state index contributed by atoms with van der Waals surface area (Å²) in [6, 6.07) is 6.22. The van der Waals surface area contributed by atoms with Crippen molar-refractivity contribution in [1.29, 1.82) is 0 Å². The third kappa shape index (κ3) is 2.81. The number of halogens is 1. The zero-order valence-electron chi connectivity index (χ0n) is 11.5. The Morgan fingerprint density at radius 1 is 1.28 bits per heavy atom. The molecule has 1 saturated heterocycles. The van der Waals surface area contributed by atoms with Crippen molar-refractivity contribution < 1.29 is 0 Å². The van der Waals surface area contributed by atoms with Crippen molar-refractivity contribution in [3.8, 4) is 0 Å². The first kappa shape index (κ1) is 13.7. The maximum Gasteiger partial charge on any atom is 0.0642 e. The molecule has 100 valence electrons. The first-order valence-electron chi connectivity index (χ1n) is 6.86. The molecule has 1 aromatic carbocycles. The molecule has 2 atom stereocenters. The molecule has 0 radical (unpaired) electrons. The highest BCUT2D eigenvalue weighted by Gasteiger charge is 2.28. The normalized spacial score (nSPS) is 23.7. The van der Waals surface area contributed by atoms with Crippen LogP contribution in [-0.2, 0) is 6.54 Å². The predicted molar refractivity (Wildman–Crippen MR) is 79.4 cm³/mol. The second-order valence-electron chi connectivity index (χ2n) is 5.39. The zero-order chi connectivity index (χ0) is 13.1. The Morgan fingerprint density at radius 3 is 2.56 bits per heavy atom. The summed E-state index contributed by atoms with van der Waals surface area (Å²) in [7, 11) is 0. The lowest BCUT2D eigenvalue weighted by molar-refractivity contribution is 0.494. The number of rotatable bonds is 4. The van der Waals surface area contributed by atoms with E-state index < -0.39 is 0 Å². The minimum atomic E-state index is 0.744. The van der Waals surface area contributed by atoms with Gasteiger partial charge in [-0.25, -0.2) is 0 Å². The number of hydrogen-bond acceptors (Lipinski definition) is 2. The summed E-state index contributed by atoms with van der Waals surface area (Å²) in [6.45, 7) is 10.9. The lowest BCUT2D eigenvalue weighted by atomic mass is 10.0. The highest BCUT2D eigenvalue weighted by Crippen LogP contribution is 2.35. The Morgan fingerprint density at radius 2 is 1.94 bits per heavy atom. The molecule has 2 nitrogen and oxygen atoms in total. The number of para-hydroxylation sites is 1. The minimum Gasteiger partial charge on any atom is -0.370 e. The molecule has 1 heterocycles. The molecule has 0 aliphatic carbocycles. The summed E-state index contributed by atoms with van der Waals surface area (Å²) < 4.78 is 0. The van der Waals surface area contributed by atoms with Crippen LogP contribution in [-0.4, -0.2) is 19.6 Å². The van der Waals surface area contributed by atoms with Gasteiger partial charge in [0.05, 0.1) is 10.7 Å².